The van der Waals surface area contributed by atoms with E-state index < -0.39 is 0 Å². The van der Waals surface area contributed by atoms with E-state index in [4.69, 9.17) is 11.6 Å². The highest BCUT2D eigenvalue weighted by atomic mass is 35.5. The van der Waals surface area contributed by atoms with Gasteiger partial charge in [0.25, 0.3) is 0 Å². The number of nitrogens with zero attached hydrogens (tertiary/aromatic N) is 1. The molecule has 2 nitrogen and oxygen atoms in total. The highest BCUT2D eigenvalue weighted by Crippen LogP contribution is 2.13. The van der Waals surface area contributed by atoms with Crippen molar-refractivity contribution in [1.82, 2.24) is 10.3 Å². The molecule has 0 aliphatic heterocycles. The molecule has 0 radical (unpaired) electrons. The van der Waals surface area contributed by atoms with Crippen LogP contribution in [0.3, 0.4) is 0 Å². The van der Waals surface area contributed by atoms with Crippen molar-refractivity contribution in [3.05, 3.63) is 64.9 Å². The molecule has 1 unspecified atom stereocenters. The predicted molar refractivity (Wildman–Crippen MR) is 80.6 cm³/mol. The predicted octanol–water partition coefficient (Wildman–Crippen LogP) is 3.50. The van der Waals surface area contributed by atoms with E-state index in [1.807, 2.05) is 36.5 Å². The molecular formula is C16H19ClN2. The molecule has 1 N–H and O–H groups in total. The number of nitrogens with one attached hydrogen (secondary N) is 1. The lowest BCUT2D eigenvalue weighted by Crippen LogP contribution is -2.33. The number of rotatable bonds is 6. The second kappa shape index (κ2) is 7.27. The summed E-state index contributed by atoms with van der Waals surface area (Å²) in [5.74, 6) is 0. The van der Waals surface area contributed by atoms with E-state index in [0.717, 1.165) is 30.1 Å². The normalized spacial score (nSPS) is 12.3. The molecule has 0 bridgehead atoms. The lowest BCUT2D eigenvalue weighted by atomic mass is 10.0. The Hall–Kier alpha value is -1.38. The molecule has 0 saturated carbocycles. The summed E-state index contributed by atoms with van der Waals surface area (Å²) in [6.45, 7) is 3.08. The Morgan fingerprint density at radius 2 is 2.05 bits per heavy atom. The zero-order valence-electron chi connectivity index (χ0n) is 11.1. The number of hydrogen-bond donors (Lipinski definition) is 1. The van der Waals surface area contributed by atoms with Gasteiger partial charge in [-0.1, -0.05) is 36.7 Å². The van der Waals surface area contributed by atoms with Gasteiger partial charge in [-0.2, -0.15) is 0 Å². The number of aromatic nitrogens is 1. The molecule has 1 heterocycles. The first-order chi connectivity index (χ1) is 9.28. The molecule has 19 heavy (non-hydrogen) atoms. The number of likely N-dealkylation sites (N-methyl/N-ethyl adjacent to an activating group) is 1. The zero-order chi connectivity index (χ0) is 13.5. The molecule has 2 rings (SSSR count). The van der Waals surface area contributed by atoms with Gasteiger partial charge in [-0.05, 0) is 42.8 Å². The fraction of sp³-hybridized carbons (Fsp3) is 0.312. The average molecular weight is 275 g/mol. The van der Waals surface area contributed by atoms with E-state index in [0.29, 0.717) is 6.04 Å². The van der Waals surface area contributed by atoms with Crippen molar-refractivity contribution in [2.24, 2.45) is 0 Å². The standard InChI is InChI=1S/C16H19ClN2/c1-2-18-16(12-15-8-3-4-9-19-15)11-13-6-5-7-14(17)10-13/h3-10,16,18H,2,11-12H2,1H3. The molecular weight excluding hydrogens is 256 g/mol. The first-order valence-corrected chi connectivity index (χ1v) is 7.03. The van der Waals surface area contributed by atoms with Gasteiger partial charge in [0.2, 0.25) is 0 Å². The molecule has 1 atom stereocenters. The third-order valence-corrected chi connectivity index (χ3v) is 3.28. The van der Waals surface area contributed by atoms with Gasteiger partial charge >= 0.3 is 0 Å². The third kappa shape index (κ3) is 4.66. The SMILES string of the molecule is CCNC(Cc1cccc(Cl)c1)Cc1ccccn1. The molecule has 0 saturated heterocycles. The Balaban J connectivity index is 2.04. The van der Waals surface area contributed by atoms with Crippen LogP contribution in [0.1, 0.15) is 18.2 Å². The van der Waals surface area contributed by atoms with Gasteiger partial charge in [0.1, 0.15) is 0 Å². The van der Waals surface area contributed by atoms with E-state index in [2.05, 4.69) is 29.4 Å². The van der Waals surface area contributed by atoms with Crippen molar-refractivity contribution in [3.63, 3.8) is 0 Å². The Labute approximate surface area is 119 Å². The van der Waals surface area contributed by atoms with Gasteiger partial charge in [0, 0.05) is 29.4 Å². The van der Waals surface area contributed by atoms with Gasteiger partial charge in [0.05, 0.1) is 0 Å². The summed E-state index contributed by atoms with van der Waals surface area (Å²) in [7, 11) is 0. The maximum atomic E-state index is 6.03. The fourth-order valence-electron chi connectivity index (χ4n) is 2.22. The molecule has 2 aromatic rings. The average Bonchev–Trinajstić information content (AvgIpc) is 2.40. The highest BCUT2D eigenvalue weighted by Gasteiger charge is 2.10. The first-order valence-electron chi connectivity index (χ1n) is 6.65. The Morgan fingerprint density at radius 3 is 2.74 bits per heavy atom. The quantitative estimate of drug-likeness (QED) is 0.872. The van der Waals surface area contributed by atoms with Crippen LogP contribution in [-0.4, -0.2) is 17.6 Å². The Bertz CT molecular complexity index is 499. The monoisotopic (exact) mass is 274 g/mol. The minimum absolute atomic E-state index is 0.387. The van der Waals surface area contributed by atoms with Gasteiger partial charge in [0.15, 0.2) is 0 Å². The highest BCUT2D eigenvalue weighted by molar-refractivity contribution is 6.30. The van der Waals surface area contributed by atoms with Crippen LogP contribution >= 0.6 is 11.6 Å². The molecule has 1 aromatic heterocycles. The van der Waals surface area contributed by atoms with Crippen molar-refractivity contribution in [2.45, 2.75) is 25.8 Å². The molecule has 0 spiro atoms. The van der Waals surface area contributed by atoms with Crippen LogP contribution in [0.15, 0.2) is 48.7 Å². The second-order valence-corrected chi connectivity index (χ2v) is 5.05. The van der Waals surface area contributed by atoms with Crippen molar-refractivity contribution in [1.29, 1.82) is 0 Å². The van der Waals surface area contributed by atoms with Crippen LogP contribution in [0.5, 0.6) is 0 Å². The molecule has 0 fully saturated rings. The Kier molecular flexibility index (Phi) is 5.37. The lowest BCUT2D eigenvalue weighted by molar-refractivity contribution is 0.516. The van der Waals surface area contributed by atoms with Gasteiger partial charge in [-0.3, -0.25) is 4.98 Å². The molecule has 0 aliphatic carbocycles. The summed E-state index contributed by atoms with van der Waals surface area (Å²) in [6, 6.07) is 14.5. The van der Waals surface area contributed by atoms with Gasteiger partial charge in [-0.25, -0.2) is 0 Å². The van der Waals surface area contributed by atoms with E-state index in [1.54, 1.807) is 0 Å². The minimum Gasteiger partial charge on any atom is -0.314 e. The van der Waals surface area contributed by atoms with E-state index >= 15 is 0 Å². The van der Waals surface area contributed by atoms with Crippen molar-refractivity contribution < 1.29 is 0 Å². The fourth-order valence-corrected chi connectivity index (χ4v) is 2.44. The molecule has 100 valence electrons. The van der Waals surface area contributed by atoms with Crippen molar-refractivity contribution in [2.75, 3.05) is 6.54 Å². The van der Waals surface area contributed by atoms with E-state index in [-0.39, 0.29) is 0 Å². The maximum absolute atomic E-state index is 6.03. The summed E-state index contributed by atoms with van der Waals surface area (Å²) in [6.07, 6.45) is 3.74. The van der Waals surface area contributed by atoms with Crippen molar-refractivity contribution >= 4 is 11.6 Å². The van der Waals surface area contributed by atoms with E-state index in [9.17, 15) is 0 Å². The van der Waals surface area contributed by atoms with Crippen LogP contribution in [0.2, 0.25) is 5.02 Å². The smallest absolute Gasteiger partial charge is 0.0419 e. The third-order valence-electron chi connectivity index (χ3n) is 3.05. The van der Waals surface area contributed by atoms with Crippen LogP contribution in [0.4, 0.5) is 0 Å². The van der Waals surface area contributed by atoms with E-state index in [1.165, 1.54) is 5.56 Å². The molecule has 0 aliphatic rings. The number of hydrogen-bond acceptors (Lipinski definition) is 2. The lowest BCUT2D eigenvalue weighted by Gasteiger charge is -2.17. The largest absolute Gasteiger partial charge is 0.314 e. The maximum Gasteiger partial charge on any atom is 0.0419 e. The van der Waals surface area contributed by atoms with Crippen LogP contribution in [0.25, 0.3) is 0 Å². The van der Waals surface area contributed by atoms with Crippen LogP contribution in [0, 0.1) is 0 Å². The second-order valence-electron chi connectivity index (χ2n) is 4.61. The minimum atomic E-state index is 0.387. The molecule has 3 heteroatoms. The number of pyridine rings is 1. The summed E-state index contributed by atoms with van der Waals surface area (Å²) in [5, 5.41) is 4.31. The van der Waals surface area contributed by atoms with Gasteiger partial charge in [-0.15, -0.1) is 0 Å². The molecule has 0 amide bonds. The number of benzene rings is 1. The summed E-state index contributed by atoms with van der Waals surface area (Å²) >= 11 is 6.03. The van der Waals surface area contributed by atoms with Crippen LogP contribution < -0.4 is 5.32 Å². The first kappa shape index (κ1) is 14.0. The zero-order valence-corrected chi connectivity index (χ0v) is 11.9. The van der Waals surface area contributed by atoms with Gasteiger partial charge < -0.3 is 5.32 Å². The molecule has 1 aromatic carbocycles. The number of halogens is 1. The topological polar surface area (TPSA) is 24.9 Å². The van der Waals surface area contributed by atoms with Crippen LogP contribution in [-0.2, 0) is 12.8 Å². The summed E-state index contributed by atoms with van der Waals surface area (Å²) < 4.78 is 0. The summed E-state index contributed by atoms with van der Waals surface area (Å²) in [4.78, 5) is 4.39. The van der Waals surface area contributed by atoms with Crippen molar-refractivity contribution in [3.8, 4) is 0 Å². The Morgan fingerprint density at radius 1 is 1.16 bits per heavy atom. The summed E-state index contributed by atoms with van der Waals surface area (Å²) in [5.41, 5.74) is 2.38.